The second kappa shape index (κ2) is 6.13. The number of ether oxygens (including phenoxy) is 2. The molecule has 1 atom stereocenters. The summed E-state index contributed by atoms with van der Waals surface area (Å²) in [6.45, 7) is 1.89. The van der Waals surface area contributed by atoms with Crippen molar-refractivity contribution in [3.8, 4) is 6.07 Å². The topological polar surface area (TPSA) is 59.3 Å². The van der Waals surface area contributed by atoms with Crippen LogP contribution in [0.25, 0.3) is 0 Å². The van der Waals surface area contributed by atoms with E-state index in [0.717, 1.165) is 4.47 Å². The fourth-order valence-electron chi connectivity index (χ4n) is 1.05. The van der Waals surface area contributed by atoms with Crippen LogP contribution in [-0.2, 0) is 9.47 Å². The van der Waals surface area contributed by atoms with Gasteiger partial charge in [0.15, 0.2) is 0 Å². The molecule has 0 saturated carbocycles. The van der Waals surface area contributed by atoms with Gasteiger partial charge in [-0.25, -0.2) is 4.79 Å². The minimum Gasteiger partial charge on any atom is -0.435 e. The van der Waals surface area contributed by atoms with E-state index in [2.05, 4.69) is 20.7 Å². The Balaban J connectivity index is 2.72. The van der Waals surface area contributed by atoms with Crippen molar-refractivity contribution in [2.45, 2.75) is 13.0 Å². The van der Waals surface area contributed by atoms with Crippen LogP contribution in [0.15, 0.2) is 28.7 Å². The summed E-state index contributed by atoms with van der Waals surface area (Å²) in [5, 5.41) is 8.87. The first kappa shape index (κ1) is 12.5. The predicted octanol–water partition coefficient (Wildman–Crippen LogP) is 3.19. The van der Waals surface area contributed by atoms with Crippen LogP contribution in [-0.4, -0.2) is 12.8 Å². The summed E-state index contributed by atoms with van der Waals surface area (Å²) >= 11 is 3.28. The minimum absolute atomic E-state index is 0.220. The molecule has 0 radical (unpaired) electrons. The van der Waals surface area contributed by atoms with E-state index < -0.39 is 12.3 Å². The summed E-state index contributed by atoms with van der Waals surface area (Å²) < 4.78 is 10.3. The third-order valence-electron chi connectivity index (χ3n) is 1.77. The number of rotatable bonds is 3. The number of carbonyl (C=O) groups is 1. The normalized spacial score (nSPS) is 11.3. The average Bonchev–Trinajstić information content (AvgIpc) is 2.27. The number of nitrogens with zero attached hydrogens (tertiary/aromatic N) is 1. The van der Waals surface area contributed by atoms with Crippen molar-refractivity contribution < 1.29 is 14.3 Å². The predicted molar refractivity (Wildman–Crippen MR) is 60.6 cm³/mol. The van der Waals surface area contributed by atoms with E-state index in [9.17, 15) is 4.79 Å². The van der Waals surface area contributed by atoms with Gasteiger partial charge in [-0.2, -0.15) is 5.26 Å². The van der Waals surface area contributed by atoms with E-state index in [4.69, 9.17) is 10.00 Å². The van der Waals surface area contributed by atoms with Gasteiger partial charge in [0.05, 0.1) is 6.61 Å². The molecule has 16 heavy (non-hydrogen) atoms. The first-order valence-corrected chi connectivity index (χ1v) is 5.45. The lowest BCUT2D eigenvalue weighted by molar-refractivity contribution is 0.0421. The molecule has 0 bridgehead atoms. The zero-order chi connectivity index (χ0) is 12.0. The smallest absolute Gasteiger partial charge is 0.435 e. The van der Waals surface area contributed by atoms with E-state index in [1.807, 2.05) is 6.07 Å². The van der Waals surface area contributed by atoms with Crippen molar-refractivity contribution in [2.24, 2.45) is 0 Å². The fourth-order valence-corrected chi connectivity index (χ4v) is 1.32. The van der Waals surface area contributed by atoms with Crippen molar-refractivity contribution in [2.75, 3.05) is 6.61 Å². The van der Waals surface area contributed by atoms with E-state index in [0.29, 0.717) is 5.56 Å². The zero-order valence-corrected chi connectivity index (χ0v) is 10.2. The van der Waals surface area contributed by atoms with Crippen molar-refractivity contribution in [3.63, 3.8) is 0 Å². The molecule has 0 spiro atoms. The highest BCUT2D eigenvalue weighted by Gasteiger charge is 2.16. The van der Waals surface area contributed by atoms with Gasteiger partial charge in [-0.1, -0.05) is 28.1 Å². The SMILES string of the molecule is CCOC(=O)O[C@H](C#N)c1ccc(Br)cc1. The zero-order valence-electron chi connectivity index (χ0n) is 8.64. The van der Waals surface area contributed by atoms with Gasteiger partial charge in [0.25, 0.3) is 0 Å². The Kier molecular flexibility index (Phi) is 4.80. The van der Waals surface area contributed by atoms with E-state index in [1.54, 1.807) is 31.2 Å². The lowest BCUT2D eigenvalue weighted by Gasteiger charge is -2.10. The van der Waals surface area contributed by atoms with Gasteiger partial charge in [-0.3, -0.25) is 0 Å². The number of halogens is 1. The van der Waals surface area contributed by atoms with Gasteiger partial charge in [0.2, 0.25) is 6.10 Å². The molecule has 0 heterocycles. The van der Waals surface area contributed by atoms with Gasteiger partial charge in [0.1, 0.15) is 6.07 Å². The molecule has 0 fully saturated rings. The lowest BCUT2D eigenvalue weighted by atomic mass is 10.1. The molecule has 0 aliphatic carbocycles. The first-order valence-electron chi connectivity index (χ1n) is 4.66. The Morgan fingerprint density at radius 3 is 2.62 bits per heavy atom. The molecule has 1 aromatic rings. The molecule has 1 aromatic carbocycles. The molecule has 84 valence electrons. The Hall–Kier alpha value is -1.54. The van der Waals surface area contributed by atoms with Crippen LogP contribution in [0.1, 0.15) is 18.6 Å². The molecule has 0 aliphatic heterocycles. The molecule has 0 unspecified atom stereocenters. The van der Waals surface area contributed by atoms with Gasteiger partial charge >= 0.3 is 6.16 Å². The number of hydrogen-bond acceptors (Lipinski definition) is 4. The summed E-state index contributed by atoms with van der Waals surface area (Å²) in [6, 6.07) is 8.84. The second-order valence-electron chi connectivity index (χ2n) is 2.86. The largest absolute Gasteiger partial charge is 0.509 e. The average molecular weight is 284 g/mol. The van der Waals surface area contributed by atoms with E-state index in [-0.39, 0.29) is 6.61 Å². The number of carbonyl (C=O) groups excluding carboxylic acids is 1. The molecule has 4 nitrogen and oxygen atoms in total. The van der Waals surface area contributed by atoms with Gasteiger partial charge in [-0.05, 0) is 19.1 Å². The van der Waals surface area contributed by atoms with Crippen LogP contribution in [0.3, 0.4) is 0 Å². The highest BCUT2D eigenvalue weighted by atomic mass is 79.9. The number of benzene rings is 1. The van der Waals surface area contributed by atoms with Crippen LogP contribution in [0.2, 0.25) is 0 Å². The van der Waals surface area contributed by atoms with Gasteiger partial charge < -0.3 is 9.47 Å². The molecular formula is C11H10BrNO3. The third-order valence-corrected chi connectivity index (χ3v) is 2.29. The lowest BCUT2D eigenvalue weighted by Crippen LogP contribution is -2.11. The highest BCUT2D eigenvalue weighted by molar-refractivity contribution is 9.10. The van der Waals surface area contributed by atoms with Crippen molar-refractivity contribution in [1.82, 2.24) is 0 Å². The van der Waals surface area contributed by atoms with Crippen molar-refractivity contribution in [1.29, 1.82) is 5.26 Å². The van der Waals surface area contributed by atoms with Crippen molar-refractivity contribution >= 4 is 22.1 Å². The standard InChI is InChI=1S/C11H10BrNO3/c1-2-15-11(14)16-10(7-13)8-3-5-9(12)6-4-8/h3-6,10H,2H2,1H3/t10-/m1/s1. The molecule has 0 aliphatic rings. The van der Waals surface area contributed by atoms with Gasteiger partial charge in [0, 0.05) is 10.0 Å². The maximum atomic E-state index is 11.0. The summed E-state index contributed by atoms with van der Waals surface area (Å²) in [6.07, 6.45) is -1.77. The van der Waals surface area contributed by atoms with E-state index >= 15 is 0 Å². The summed E-state index contributed by atoms with van der Waals surface area (Å²) in [5.41, 5.74) is 0.610. The molecule has 1 rings (SSSR count). The van der Waals surface area contributed by atoms with Crippen LogP contribution >= 0.6 is 15.9 Å². The molecule has 0 amide bonds. The van der Waals surface area contributed by atoms with Crippen molar-refractivity contribution in [3.05, 3.63) is 34.3 Å². The highest BCUT2D eigenvalue weighted by Crippen LogP contribution is 2.19. The van der Waals surface area contributed by atoms with E-state index in [1.165, 1.54) is 0 Å². The number of hydrogen-bond donors (Lipinski definition) is 0. The Morgan fingerprint density at radius 2 is 2.12 bits per heavy atom. The van der Waals surface area contributed by atoms with Crippen LogP contribution in [0.4, 0.5) is 4.79 Å². The minimum atomic E-state index is -0.938. The van der Waals surface area contributed by atoms with Gasteiger partial charge in [-0.15, -0.1) is 0 Å². The molecule has 0 aromatic heterocycles. The monoisotopic (exact) mass is 283 g/mol. The second-order valence-corrected chi connectivity index (χ2v) is 3.78. The molecule has 0 N–H and O–H groups in total. The Morgan fingerprint density at radius 1 is 1.50 bits per heavy atom. The third kappa shape index (κ3) is 3.55. The summed E-state index contributed by atoms with van der Waals surface area (Å²) in [4.78, 5) is 11.0. The van der Waals surface area contributed by atoms with Crippen LogP contribution in [0, 0.1) is 11.3 Å². The number of nitriles is 1. The first-order chi connectivity index (χ1) is 7.67. The molecule has 0 saturated heterocycles. The van der Waals surface area contributed by atoms with Crippen LogP contribution < -0.4 is 0 Å². The maximum Gasteiger partial charge on any atom is 0.509 e. The Bertz CT molecular complexity index is 397. The molecule has 5 heteroatoms. The quantitative estimate of drug-likeness (QED) is 0.800. The maximum absolute atomic E-state index is 11.0. The summed E-state index contributed by atoms with van der Waals surface area (Å²) in [7, 11) is 0. The fraction of sp³-hybridized carbons (Fsp3) is 0.273. The Labute approximate surface area is 102 Å². The van der Waals surface area contributed by atoms with Crippen LogP contribution in [0.5, 0.6) is 0 Å². The molecular weight excluding hydrogens is 274 g/mol. The summed E-state index contributed by atoms with van der Waals surface area (Å²) in [5.74, 6) is 0.